The van der Waals surface area contributed by atoms with Gasteiger partial charge in [-0.15, -0.1) is 0 Å². The van der Waals surface area contributed by atoms with Crippen molar-refractivity contribution in [2.24, 2.45) is 0 Å². The quantitative estimate of drug-likeness (QED) is 0.500. The molecular formula is C19H18N2O5. The lowest BCUT2D eigenvalue weighted by Gasteiger charge is -2.06. The van der Waals surface area contributed by atoms with Crippen molar-refractivity contribution in [2.75, 3.05) is 13.2 Å². The minimum absolute atomic E-state index is 0.0136. The van der Waals surface area contributed by atoms with Crippen LogP contribution in [0.3, 0.4) is 0 Å². The van der Waals surface area contributed by atoms with Gasteiger partial charge in [0.1, 0.15) is 5.75 Å². The number of hydrogen-bond donors (Lipinski definition) is 2. The number of imidazole rings is 1. The van der Waals surface area contributed by atoms with E-state index in [4.69, 9.17) is 9.47 Å². The zero-order chi connectivity index (χ0) is 18.5. The molecule has 0 saturated heterocycles. The Kier molecular flexibility index (Phi) is 5.17. The fraction of sp³-hybridized carbons (Fsp3) is 0.211. The largest absolute Gasteiger partial charge is 0.494 e. The molecule has 0 aliphatic rings. The molecule has 3 aromatic rings. The maximum atomic E-state index is 12.1. The Morgan fingerprint density at radius 2 is 1.73 bits per heavy atom. The summed E-state index contributed by atoms with van der Waals surface area (Å²) in [4.78, 5) is 40.5. The number of aromatic amines is 2. The van der Waals surface area contributed by atoms with E-state index < -0.39 is 5.97 Å². The van der Waals surface area contributed by atoms with Crippen molar-refractivity contribution in [2.45, 2.75) is 13.3 Å². The van der Waals surface area contributed by atoms with E-state index in [0.717, 1.165) is 0 Å². The number of carbonyl (C=O) groups excluding carboxylic acids is 2. The molecule has 0 spiro atoms. The van der Waals surface area contributed by atoms with Crippen LogP contribution in [0.5, 0.6) is 5.75 Å². The van der Waals surface area contributed by atoms with E-state index >= 15 is 0 Å². The van der Waals surface area contributed by atoms with Crippen LogP contribution < -0.4 is 10.4 Å². The maximum Gasteiger partial charge on any atom is 0.323 e. The molecule has 3 rings (SSSR count). The highest BCUT2D eigenvalue weighted by Gasteiger charge is 2.11. The molecular weight excluding hydrogens is 336 g/mol. The number of benzene rings is 2. The number of hydrogen-bond acceptors (Lipinski definition) is 5. The Balaban J connectivity index is 1.55. The monoisotopic (exact) mass is 354 g/mol. The number of Topliss-reactive ketones (excluding diaryl/α,β-unsaturated/α-hetero) is 1. The lowest BCUT2D eigenvalue weighted by molar-refractivity contribution is -0.141. The summed E-state index contributed by atoms with van der Waals surface area (Å²) < 4.78 is 10.4. The standard InChI is InChI=1S/C19H18N2O5/c1-2-25-14-6-4-13(5-7-14)17(22)11-26-18(23)10-12-3-8-15-16(9-12)21-19(24)20-15/h3-9H,2,10-11H2,1H3,(H2,20,21,24). The van der Waals surface area contributed by atoms with Gasteiger partial charge in [0.2, 0.25) is 0 Å². The van der Waals surface area contributed by atoms with Crippen LogP contribution in [-0.4, -0.2) is 34.9 Å². The molecule has 2 N–H and O–H groups in total. The van der Waals surface area contributed by atoms with Crippen LogP contribution in [0.4, 0.5) is 0 Å². The van der Waals surface area contributed by atoms with Crippen molar-refractivity contribution in [1.29, 1.82) is 0 Å². The Morgan fingerprint density at radius 1 is 1.00 bits per heavy atom. The van der Waals surface area contributed by atoms with E-state index in [1.807, 2.05) is 6.92 Å². The van der Waals surface area contributed by atoms with Crippen molar-refractivity contribution in [3.8, 4) is 5.75 Å². The molecule has 2 aromatic carbocycles. The minimum atomic E-state index is -0.512. The molecule has 0 fully saturated rings. The van der Waals surface area contributed by atoms with E-state index in [1.54, 1.807) is 42.5 Å². The number of ketones is 1. The molecule has 0 amide bonds. The molecule has 0 unspecified atom stereocenters. The number of esters is 1. The van der Waals surface area contributed by atoms with Gasteiger partial charge in [0.15, 0.2) is 12.4 Å². The van der Waals surface area contributed by atoms with Crippen LogP contribution in [0.15, 0.2) is 47.3 Å². The van der Waals surface area contributed by atoms with E-state index in [1.165, 1.54) is 0 Å². The zero-order valence-electron chi connectivity index (χ0n) is 14.2. The highest BCUT2D eigenvalue weighted by Crippen LogP contribution is 2.13. The third-order valence-corrected chi connectivity index (χ3v) is 3.78. The first-order chi connectivity index (χ1) is 12.5. The van der Waals surface area contributed by atoms with Crippen LogP contribution in [0, 0.1) is 0 Å². The van der Waals surface area contributed by atoms with Crippen molar-refractivity contribution >= 4 is 22.8 Å². The molecule has 1 aromatic heterocycles. The van der Waals surface area contributed by atoms with Crippen LogP contribution in [0.1, 0.15) is 22.8 Å². The third-order valence-electron chi connectivity index (χ3n) is 3.78. The van der Waals surface area contributed by atoms with Gasteiger partial charge in [0.05, 0.1) is 24.1 Å². The second-order valence-corrected chi connectivity index (χ2v) is 5.68. The predicted molar refractivity (Wildman–Crippen MR) is 95.5 cm³/mol. The number of nitrogens with one attached hydrogen (secondary N) is 2. The van der Waals surface area contributed by atoms with Gasteiger partial charge in [-0.2, -0.15) is 0 Å². The molecule has 0 bridgehead atoms. The highest BCUT2D eigenvalue weighted by molar-refractivity contribution is 5.98. The molecule has 0 saturated carbocycles. The normalized spacial score (nSPS) is 10.7. The highest BCUT2D eigenvalue weighted by atomic mass is 16.5. The van der Waals surface area contributed by atoms with Crippen LogP contribution in [0.25, 0.3) is 11.0 Å². The van der Waals surface area contributed by atoms with Gasteiger partial charge >= 0.3 is 11.7 Å². The van der Waals surface area contributed by atoms with Crippen molar-refractivity contribution < 1.29 is 19.1 Å². The molecule has 0 radical (unpaired) electrons. The second-order valence-electron chi connectivity index (χ2n) is 5.68. The molecule has 7 heteroatoms. The Bertz CT molecular complexity index is 985. The average Bonchev–Trinajstić information content (AvgIpc) is 3.00. The van der Waals surface area contributed by atoms with Gasteiger partial charge in [-0.1, -0.05) is 6.07 Å². The second kappa shape index (κ2) is 7.69. The summed E-state index contributed by atoms with van der Waals surface area (Å²) in [5.74, 6) is -0.118. The summed E-state index contributed by atoms with van der Waals surface area (Å²) >= 11 is 0. The van der Waals surface area contributed by atoms with Crippen LogP contribution >= 0.6 is 0 Å². The van der Waals surface area contributed by atoms with Gasteiger partial charge < -0.3 is 19.4 Å². The fourth-order valence-electron chi connectivity index (χ4n) is 2.54. The first-order valence-electron chi connectivity index (χ1n) is 8.18. The number of aromatic nitrogens is 2. The summed E-state index contributed by atoms with van der Waals surface area (Å²) in [6, 6.07) is 11.8. The van der Waals surface area contributed by atoms with Gasteiger partial charge in [-0.25, -0.2) is 4.79 Å². The van der Waals surface area contributed by atoms with Crippen molar-refractivity contribution in [1.82, 2.24) is 9.97 Å². The fourth-order valence-corrected chi connectivity index (χ4v) is 2.54. The van der Waals surface area contributed by atoms with E-state index in [2.05, 4.69) is 9.97 Å². The van der Waals surface area contributed by atoms with Crippen molar-refractivity contribution in [3.05, 3.63) is 64.1 Å². The van der Waals surface area contributed by atoms with Crippen LogP contribution in [-0.2, 0) is 16.0 Å². The van der Waals surface area contributed by atoms with Gasteiger partial charge in [0.25, 0.3) is 0 Å². The van der Waals surface area contributed by atoms with E-state index in [9.17, 15) is 14.4 Å². The average molecular weight is 354 g/mol. The minimum Gasteiger partial charge on any atom is -0.494 e. The Hall–Kier alpha value is -3.35. The number of fused-ring (bicyclic) bond motifs is 1. The molecule has 134 valence electrons. The molecule has 7 nitrogen and oxygen atoms in total. The van der Waals surface area contributed by atoms with Gasteiger partial charge in [-0.3, -0.25) is 9.59 Å². The van der Waals surface area contributed by atoms with Crippen LogP contribution in [0.2, 0.25) is 0 Å². The van der Waals surface area contributed by atoms with Gasteiger partial charge in [-0.05, 0) is 48.9 Å². The lowest BCUT2D eigenvalue weighted by atomic mass is 10.1. The Labute approximate surface area is 149 Å². The lowest BCUT2D eigenvalue weighted by Crippen LogP contribution is -2.15. The summed E-state index contributed by atoms with van der Waals surface area (Å²) in [5, 5.41) is 0. The SMILES string of the molecule is CCOc1ccc(C(=O)COC(=O)Cc2ccc3[nH]c(=O)[nH]c3c2)cc1. The first kappa shape index (κ1) is 17.5. The van der Waals surface area contributed by atoms with Crippen molar-refractivity contribution in [3.63, 3.8) is 0 Å². The van der Waals surface area contributed by atoms with E-state index in [-0.39, 0.29) is 24.5 Å². The summed E-state index contributed by atoms with van der Waals surface area (Å²) in [6.07, 6.45) is 0.0136. The predicted octanol–water partition coefficient (Wildman–Crippen LogP) is 2.22. The molecule has 26 heavy (non-hydrogen) atoms. The number of rotatable bonds is 7. The Morgan fingerprint density at radius 3 is 2.46 bits per heavy atom. The molecule has 0 atom stereocenters. The summed E-state index contributed by atoms with van der Waals surface area (Å²) in [5.41, 5.74) is 2.11. The van der Waals surface area contributed by atoms with E-state index in [0.29, 0.717) is 34.5 Å². The number of carbonyl (C=O) groups is 2. The zero-order valence-corrected chi connectivity index (χ0v) is 14.2. The molecule has 1 heterocycles. The number of H-pyrrole nitrogens is 2. The molecule has 0 aliphatic carbocycles. The van der Waals surface area contributed by atoms with Gasteiger partial charge in [0, 0.05) is 5.56 Å². The maximum absolute atomic E-state index is 12.1. The first-order valence-corrected chi connectivity index (χ1v) is 8.18. The third kappa shape index (κ3) is 4.18. The number of ether oxygens (including phenoxy) is 2. The smallest absolute Gasteiger partial charge is 0.323 e. The summed E-state index contributed by atoms with van der Waals surface area (Å²) in [7, 11) is 0. The summed E-state index contributed by atoms with van der Waals surface area (Å²) in [6.45, 7) is 2.10. The molecule has 0 aliphatic heterocycles. The topological polar surface area (TPSA) is 101 Å².